The fourth-order valence-corrected chi connectivity index (χ4v) is 1.87. The predicted molar refractivity (Wildman–Crippen MR) is 62.3 cm³/mol. The molecule has 0 unspecified atom stereocenters. The summed E-state index contributed by atoms with van der Waals surface area (Å²) in [6.07, 6.45) is 4.12. The normalized spacial score (nSPS) is 10.0. The number of amides is 1. The third-order valence-electron chi connectivity index (χ3n) is 1.99. The van der Waals surface area contributed by atoms with Gasteiger partial charge in [-0.1, -0.05) is 0 Å². The molecule has 0 saturated heterocycles. The molecule has 1 amide bonds. The zero-order valence-electron chi connectivity index (χ0n) is 9.03. The highest BCUT2D eigenvalue weighted by atomic mass is 32.1. The van der Waals surface area contributed by atoms with E-state index in [2.05, 4.69) is 20.3 Å². The Hall–Kier alpha value is -2.35. The number of hydrogen-bond donors (Lipinski definition) is 2. The number of carboxylic acids is 1. The Morgan fingerprint density at radius 3 is 2.67 bits per heavy atom. The largest absolute Gasteiger partial charge is 0.476 e. The Morgan fingerprint density at radius 2 is 2.06 bits per heavy atom. The van der Waals surface area contributed by atoms with Crippen LogP contribution in [0.15, 0.2) is 24.1 Å². The second-order valence-corrected chi connectivity index (χ2v) is 4.18. The number of carboxylic acid groups (broad SMARTS) is 1. The van der Waals surface area contributed by atoms with Gasteiger partial charge >= 0.3 is 5.97 Å². The van der Waals surface area contributed by atoms with Crippen molar-refractivity contribution in [2.75, 3.05) is 0 Å². The third kappa shape index (κ3) is 2.86. The molecule has 0 aliphatic carbocycles. The second-order valence-electron chi connectivity index (χ2n) is 3.24. The van der Waals surface area contributed by atoms with Crippen molar-refractivity contribution in [3.05, 3.63) is 40.4 Å². The first kappa shape index (κ1) is 12.1. The summed E-state index contributed by atoms with van der Waals surface area (Å²) in [5.74, 6) is -1.41. The molecule has 0 aromatic carbocycles. The van der Waals surface area contributed by atoms with Crippen molar-refractivity contribution in [2.24, 2.45) is 0 Å². The Labute approximate surface area is 106 Å². The molecule has 2 aromatic rings. The lowest BCUT2D eigenvalue weighted by Gasteiger charge is -2.01. The minimum Gasteiger partial charge on any atom is -0.476 e. The summed E-state index contributed by atoms with van der Waals surface area (Å²) in [6, 6.07) is 0. The number of carbonyl (C=O) groups is 2. The molecular weight excluding hydrogens is 256 g/mol. The molecule has 2 aromatic heterocycles. The standard InChI is InChI=1S/C10H8N4O3S/c15-9(6-1-11-5-12-2-6)13-3-8-14-7(4-18-8)10(16)17/h1-2,4-5H,3H2,(H,13,15)(H,16,17). The number of nitrogens with one attached hydrogen (secondary N) is 1. The zero-order valence-corrected chi connectivity index (χ0v) is 9.85. The number of aromatic nitrogens is 3. The molecule has 0 aliphatic heterocycles. The maximum absolute atomic E-state index is 11.6. The highest BCUT2D eigenvalue weighted by molar-refractivity contribution is 7.09. The van der Waals surface area contributed by atoms with Gasteiger partial charge in [-0.15, -0.1) is 11.3 Å². The quantitative estimate of drug-likeness (QED) is 0.836. The van der Waals surface area contributed by atoms with E-state index < -0.39 is 5.97 Å². The van der Waals surface area contributed by atoms with E-state index >= 15 is 0 Å². The summed E-state index contributed by atoms with van der Waals surface area (Å²) >= 11 is 1.18. The van der Waals surface area contributed by atoms with Crippen LogP contribution in [0.3, 0.4) is 0 Å². The Bertz CT molecular complexity index is 570. The van der Waals surface area contributed by atoms with Gasteiger partial charge < -0.3 is 10.4 Å². The first-order valence-corrected chi connectivity index (χ1v) is 5.75. The Balaban J connectivity index is 1.95. The van der Waals surface area contributed by atoms with Gasteiger partial charge in [0.25, 0.3) is 5.91 Å². The van der Waals surface area contributed by atoms with Crippen molar-refractivity contribution in [1.82, 2.24) is 20.3 Å². The number of carbonyl (C=O) groups excluding carboxylic acids is 1. The summed E-state index contributed by atoms with van der Waals surface area (Å²) in [5.41, 5.74) is 0.319. The molecule has 2 N–H and O–H groups in total. The molecule has 0 radical (unpaired) electrons. The van der Waals surface area contributed by atoms with Crippen LogP contribution in [0.2, 0.25) is 0 Å². The average Bonchev–Trinajstić information content (AvgIpc) is 2.86. The van der Waals surface area contributed by atoms with Crippen LogP contribution in [0, 0.1) is 0 Å². The van der Waals surface area contributed by atoms with E-state index in [-0.39, 0.29) is 18.1 Å². The van der Waals surface area contributed by atoms with Gasteiger partial charge in [-0.25, -0.2) is 19.7 Å². The topological polar surface area (TPSA) is 105 Å². The maximum Gasteiger partial charge on any atom is 0.355 e. The number of hydrogen-bond acceptors (Lipinski definition) is 6. The van der Waals surface area contributed by atoms with Gasteiger partial charge in [-0.3, -0.25) is 4.79 Å². The van der Waals surface area contributed by atoms with Gasteiger partial charge in [0.05, 0.1) is 12.1 Å². The van der Waals surface area contributed by atoms with Gasteiger partial charge in [0.2, 0.25) is 0 Å². The fraction of sp³-hybridized carbons (Fsp3) is 0.100. The lowest BCUT2D eigenvalue weighted by Crippen LogP contribution is -2.23. The molecule has 8 heteroatoms. The summed E-state index contributed by atoms with van der Waals surface area (Å²) in [4.78, 5) is 33.5. The molecule has 2 heterocycles. The number of rotatable bonds is 4. The van der Waals surface area contributed by atoms with Crippen LogP contribution in [-0.4, -0.2) is 31.9 Å². The third-order valence-corrected chi connectivity index (χ3v) is 2.84. The molecule has 0 fully saturated rings. The van der Waals surface area contributed by atoms with Crippen LogP contribution < -0.4 is 5.32 Å². The van der Waals surface area contributed by atoms with E-state index in [1.807, 2.05) is 0 Å². The Morgan fingerprint density at radius 1 is 1.33 bits per heavy atom. The van der Waals surface area contributed by atoms with E-state index in [0.717, 1.165) is 0 Å². The monoisotopic (exact) mass is 264 g/mol. The van der Waals surface area contributed by atoms with Crippen LogP contribution in [0.4, 0.5) is 0 Å². The minimum absolute atomic E-state index is 0.0210. The lowest BCUT2D eigenvalue weighted by atomic mass is 10.3. The van der Waals surface area contributed by atoms with Crippen molar-refractivity contribution in [2.45, 2.75) is 6.54 Å². The van der Waals surface area contributed by atoms with Crippen LogP contribution in [0.1, 0.15) is 25.9 Å². The van der Waals surface area contributed by atoms with E-state index in [1.165, 1.54) is 35.4 Å². The summed E-state index contributed by atoms with van der Waals surface area (Å²) in [6.45, 7) is 0.172. The van der Waals surface area contributed by atoms with Crippen molar-refractivity contribution < 1.29 is 14.7 Å². The number of aromatic carboxylic acids is 1. The van der Waals surface area contributed by atoms with Crippen molar-refractivity contribution in [3.63, 3.8) is 0 Å². The SMILES string of the molecule is O=C(NCc1nc(C(=O)O)cs1)c1cncnc1. The predicted octanol–water partition coefficient (Wildman–Crippen LogP) is 0.561. The average molecular weight is 264 g/mol. The van der Waals surface area contributed by atoms with Crippen LogP contribution in [0.5, 0.6) is 0 Å². The highest BCUT2D eigenvalue weighted by Crippen LogP contribution is 2.09. The van der Waals surface area contributed by atoms with E-state index in [9.17, 15) is 9.59 Å². The van der Waals surface area contributed by atoms with Crippen molar-refractivity contribution in [1.29, 1.82) is 0 Å². The zero-order chi connectivity index (χ0) is 13.0. The maximum atomic E-state index is 11.6. The second kappa shape index (κ2) is 5.32. The van der Waals surface area contributed by atoms with E-state index in [0.29, 0.717) is 10.6 Å². The van der Waals surface area contributed by atoms with E-state index in [1.54, 1.807) is 0 Å². The lowest BCUT2D eigenvalue weighted by molar-refractivity contribution is 0.0691. The first-order chi connectivity index (χ1) is 8.66. The molecule has 2 rings (SSSR count). The van der Waals surface area contributed by atoms with Gasteiger partial charge in [-0.2, -0.15) is 0 Å². The summed E-state index contributed by atoms with van der Waals surface area (Å²) in [5, 5.41) is 13.2. The van der Waals surface area contributed by atoms with Gasteiger partial charge in [0.15, 0.2) is 5.69 Å². The van der Waals surface area contributed by atoms with Crippen LogP contribution in [-0.2, 0) is 6.54 Å². The minimum atomic E-state index is -1.08. The van der Waals surface area contributed by atoms with Crippen LogP contribution in [0.25, 0.3) is 0 Å². The molecule has 18 heavy (non-hydrogen) atoms. The van der Waals surface area contributed by atoms with Crippen LogP contribution >= 0.6 is 11.3 Å². The summed E-state index contributed by atoms with van der Waals surface area (Å²) < 4.78 is 0. The smallest absolute Gasteiger partial charge is 0.355 e. The molecule has 0 aliphatic rings. The molecular formula is C10H8N4O3S. The fourth-order valence-electron chi connectivity index (χ4n) is 1.16. The van der Waals surface area contributed by atoms with Gasteiger partial charge in [-0.05, 0) is 0 Å². The molecule has 7 nitrogen and oxygen atoms in total. The Kier molecular flexibility index (Phi) is 3.58. The molecule has 0 saturated carbocycles. The van der Waals surface area contributed by atoms with Gasteiger partial charge in [0, 0.05) is 17.8 Å². The molecule has 0 spiro atoms. The summed E-state index contributed by atoms with van der Waals surface area (Å²) in [7, 11) is 0. The highest BCUT2D eigenvalue weighted by Gasteiger charge is 2.10. The van der Waals surface area contributed by atoms with Crippen molar-refractivity contribution in [3.8, 4) is 0 Å². The molecule has 92 valence electrons. The first-order valence-electron chi connectivity index (χ1n) is 4.87. The van der Waals surface area contributed by atoms with Crippen molar-refractivity contribution >= 4 is 23.2 Å². The molecule has 0 atom stereocenters. The molecule has 0 bridgehead atoms. The van der Waals surface area contributed by atoms with Gasteiger partial charge in [0.1, 0.15) is 11.3 Å². The van der Waals surface area contributed by atoms with E-state index in [4.69, 9.17) is 5.11 Å². The number of thiazole rings is 1. The number of nitrogens with zero attached hydrogens (tertiary/aromatic N) is 3.